The number of amidine groups is 1. The van der Waals surface area contributed by atoms with E-state index in [1.54, 1.807) is 6.07 Å². The minimum Gasteiger partial charge on any atom is -0.384 e. The lowest BCUT2D eigenvalue weighted by Gasteiger charge is -2.24. The van der Waals surface area contributed by atoms with Crippen LogP contribution in [0.2, 0.25) is 5.02 Å². The molecule has 15 heavy (non-hydrogen) atoms. The van der Waals surface area contributed by atoms with E-state index in [1.165, 1.54) is 0 Å². The molecule has 1 rings (SSSR count). The number of nitrogens with one attached hydrogen (secondary N) is 2. The molecule has 0 saturated heterocycles. The maximum Gasteiger partial charge on any atom is 0.126 e. The van der Waals surface area contributed by atoms with E-state index >= 15 is 0 Å². The second kappa shape index (κ2) is 4.11. The minimum absolute atomic E-state index is 0.0210. The predicted octanol–water partition coefficient (Wildman–Crippen LogP) is 2.83. The standard InChI is InChI=1S/C11H16ClN3/c1-11(2,3)15-8-6-4-5-7(12)9(8)10(13)14/h4-6,15H,1-3H3,(H3,13,14). The molecule has 1 aromatic carbocycles. The zero-order valence-corrected chi connectivity index (χ0v) is 9.94. The van der Waals surface area contributed by atoms with Crippen molar-refractivity contribution in [1.82, 2.24) is 0 Å². The normalized spacial score (nSPS) is 11.2. The number of nitrogens with two attached hydrogens (primary N) is 1. The molecular weight excluding hydrogens is 210 g/mol. The summed E-state index contributed by atoms with van der Waals surface area (Å²) in [7, 11) is 0. The van der Waals surface area contributed by atoms with Crippen molar-refractivity contribution in [1.29, 1.82) is 5.41 Å². The second-order valence-electron chi connectivity index (χ2n) is 4.45. The van der Waals surface area contributed by atoms with Crippen molar-refractivity contribution in [2.75, 3.05) is 5.32 Å². The summed E-state index contributed by atoms with van der Waals surface area (Å²) in [6.45, 7) is 6.12. The number of rotatable bonds is 2. The molecule has 0 unspecified atom stereocenters. The highest BCUT2D eigenvalue weighted by Gasteiger charge is 2.15. The van der Waals surface area contributed by atoms with Crippen LogP contribution >= 0.6 is 11.6 Å². The van der Waals surface area contributed by atoms with Crippen LogP contribution in [0.5, 0.6) is 0 Å². The van der Waals surface area contributed by atoms with E-state index in [2.05, 4.69) is 5.32 Å². The smallest absolute Gasteiger partial charge is 0.126 e. The highest BCUT2D eigenvalue weighted by Crippen LogP contribution is 2.26. The van der Waals surface area contributed by atoms with Crippen LogP contribution in [0.4, 0.5) is 5.69 Å². The fourth-order valence-corrected chi connectivity index (χ4v) is 1.58. The first-order valence-electron chi connectivity index (χ1n) is 4.72. The van der Waals surface area contributed by atoms with Gasteiger partial charge in [-0.25, -0.2) is 0 Å². The Labute approximate surface area is 95.1 Å². The van der Waals surface area contributed by atoms with Gasteiger partial charge in [0, 0.05) is 11.2 Å². The SMILES string of the molecule is CC(C)(C)Nc1cccc(Cl)c1C(=N)N. The van der Waals surface area contributed by atoms with Crippen molar-refractivity contribution in [3.05, 3.63) is 28.8 Å². The lowest BCUT2D eigenvalue weighted by molar-refractivity contribution is 0.634. The maximum absolute atomic E-state index is 7.48. The monoisotopic (exact) mass is 225 g/mol. The van der Waals surface area contributed by atoms with Crippen LogP contribution in [-0.2, 0) is 0 Å². The van der Waals surface area contributed by atoms with Gasteiger partial charge in [-0.15, -0.1) is 0 Å². The number of hydrogen-bond acceptors (Lipinski definition) is 2. The number of hydrogen-bond donors (Lipinski definition) is 3. The molecule has 0 aliphatic rings. The summed E-state index contributed by atoms with van der Waals surface area (Å²) in [5.41, 5.74) is 6.76. The van der Waals surface area contributed by atoms with Crippen molar-refractivity contribution < 1.29 is 0 Å². The molecule has 4 heteroatoms. The third-order valence-corrected chi connectivity index (χ3v) is 2.11. The van der Waals surface area contributed by atoms with Crippen LogP contribution in [0.15, 0.2) is 18.2 Å². The Bertz CT molecular complexity index is 380. The third-order valence-electron chi connectivity index (χ3n) is 1.79. The summed E-state index contributed by atoms with van der Waals surface area (Å²) >= 11 is 5.99. The average molecular weight is 226 g/mol. The van der Waals surface area contributed by atoms with Gasteiger partial charge in [-0.1, -0.05) is 17.7 Å². The van der Waals surface area contributed by atoms with Gasteiger partial charge >= 0.3 is 0 Å². The van der Waals surface area contributed by atoms with Gasteiger partial charge in [-0.05, 0) is 32.9 Å². The van der Waals surface area contributed by atoms with Crippen molar-refractivity contribution in [3.63, 3.8) is 0 Å². The van der Waals surface area contributed by atoms with Crippen LogP contribution in [0.25, 0.3) is 0 Å². The second-order valence-corrected chi connectivity index (χ2v) is 4.86. The molecule has 0 atom stereocenters. The highest BCUT2D eigenvalue weighted by atomic mass is 35.5. The van der Waals surface area contributed by atoms with E-state index in [9.17, 15) is 0 Å². The van der Waals surface area contributed by atoms with Crippen molar-refractivity contribution in [3.8, 4) is 0 Å². The lowest BCUT2D eigenvalue weighted by Crippen LogP contribution is -2.28. The molecule has 0 fully saturated rings. The molecule has 0 amide bonds. The molecular formula is C11H16ClN3. The van der Waals surface area contributed by atoms with Gasteiger partial charge in [0.2, 0.25) is 0 Å². The minimum atomic E-state index is -0.0884. The summed E-state index contributed by atoms with van der Waals surface area (Å²) in [5, 5.41) is 11.2. The van der Waals surface area contributed by atoms with Crippen LogP contribution in [-0.4, -0.2) is 11.4 Å². The Hall–Kier alpha value is -1.22. The number of benzene rings is 1. The molecule has 0 saturated carbocycles. The molecule has 1 aromatic rings. The summed E-state index contributed by atoms with van der Waals surface area (Å²) in [5.74, 6) is -0.0210. The number of nitrogen functional groups attached to an aromatic ring is 1. The topological polar surface area (TPSA) is 61.9 Å². The summed E-state index contributed by atoms with van der Waals surface area (Å²) in [4.78, 5) is 0. The molecule has 0 bridgehead atoms. The van der Waals surface area contributed by atoms with E-state index < -0.39 is 0 Å². The van der Waals surface area contributed by atoms with Gasteiger partial charge < -0.3 is 11.1 Å². The lowest BCUT2D eigenvalue weighted by atomic mass is 10.1. The molecule has 0 heterocycles. The average Bonchev–Trinajstić information content (AvgIpc) is 1.99. The van der Waals surface area contributed by atoms with Crippen LogP contribution in [0.3, 0.4) is 0 Å². The Balaban J connectivity index is 3.18. The van der Waals surface area contributed by atoms with Gasteiger partial charge in [0.15, 0.2) is 0 Å². The first-order valence-corrected chi connectivity index (χ1v) is 5.10. The number of anilines is 1. The quantitative estimate of drug-likeness (QED) is 0.536. The maximum atomic E-state index is 7.48. The van der Waals surface area contributed by atoms with E-state index in [1.807, 2.05) is 32.9 Å². The van der Waals surface area contributed by atoms with Gasteiger partial charge in [-0.3, -0.25) is 5.41 Å². The van der Waals surface area contributed by atoms with Gasteiger partial charge in [0.05, 0.1) is 10.6 Å². The highest BCUT2D eigenvalue weighted by molar-refractivity contribution is 6.34. The molecule has 4 N–H and O–H groups in total. The van der Waals surface area contributed by atoms with E-state index in [0.29, 0.717) is 10.6 Å². The van der Waals surface area contributed by atoms with Gasteiger partial charge in [0.1, 0.15) is 5.84 Å². The predicted molar refractivity (Wildman–Crippen MR) is 65.8 cm³/mol. The Kier molecular flexibility index (Phi) is 3.25. The fraction of sp³-hybridized carbons (Fsp3) is 0.364. The van der Waals surface area contributed by atoms with Gasteiger partial charge in [-0.2, -0.15) is 0 Å². The molecule has 0 aliphatic carbocycles. The van der Waals surface area contributed by atoms with Gasteiger partial charge in [0.25, 0.3) is 0 Å². The largest absolute Gasteiger partial charge is 0.384 e. The van der Waals surface area contributed by atoms with Crippen molar-refractivity contribution >= 4 is 23.1 Å². The van der Waals surface area contributed by atoms with E-state index in [-0.39, 0.29) is 11.4 Å². The number of halogens is 1. The fourth-order valence-electron chi connectivity index (χ4n) is 1.31. The van der Waals surface area contributed by atoms with Crippen LogP contribution in [0, 0.1) is 5.41 Å². The Morgan fingerprint density at radius 3 is 2.47 bits per heavy atom. The zero-order chi connectivity index (χ0) is 11.6. The third kappa shape index (κ3) is 3.13. The zero-order valence-electron chi connectivity index (χ0n) is 9.19. The molecule has 0 aliphatic heterocycles. The molecule has 0 spiro atoms. The first kappa shape index (κ1) is 11.9. The molecule has 0 radical (unpaired) electrons. The Morgan fingerprint density at radius 2 is 2.00 bits per heavy atom. The van der Waals surface area contributed by atoms with E-state index in [4.69, 9.17) is 22.7 Å². The van der Waals surface area contributed by atoms with Crippen LogP contribution in [0.1, 0.15) is 26.3 Å². The van der Waals surface area contributed by atoms with Crippen LogP contribution < -0.4 is 11.1 Å². The summed E-state index contributed by atoms with van der Waals surface area (Å²) < 4.78 is 0. The van der Waals surface area contributed by atoms with E-state index in [0.717, 1.165) is 5.69 Å². The summed E-state index contributed by atoms with van der Waals surface area (Å²) in [6.07, 6.45) is 0. The van der Waals surface area contributed by atoms with Crippen molar-refractivity contribution in [2.45, 2.75) is 26.3 Å². The Morgan fingerprint density at radius 1 is 1.40 bits per heavy atom. The molecule has 3 nitrogen and oxygen atoms in total. The first-order chi connectivity index (χ1) is 6.81. The van der Waals surface area contributed by atoms with Crippen molar-refractivity contribution in [2.24, 2.45) is 5.73 Å². The summed E-state index contributed by atoms with van der Waals surface area (Å²) in [6, 6.07) is 5.43. The molecule has 0 aromatic heterocycles. The molecule has 82 valence electrons.